The first kappa shape index (κ1) is 20.7. The minimum atomic E-state index is -4.40. The molecule has 0 unspecified atom stereocenters. The van der Waals surface area contributed by atoms with Crippen molar-refractivity contribution in [3.8, 4) is 5.69 Å². The largest absolute Gasteiger partial charge is 0.416 e. The second kappa shape index (κ2) is 7.77. The van der Waals surface area contributed by atoms with Crippen LogP contribution in [0.4, 0.5) is 18.9 Å². The Morgan fingerprint density at radius 3 is 2.55 bits per heavy atom. The number of carbonyl (C=O) groups is 1. The maximum Gasteiger partial charge on any atom is 0.416 e. The molecule has 0 aliphatic rings. The molecular formula is C24H18F3N5O. The summed E-state index contributed by atoms with van der Waals surface area (Å²) in [5.74, 6) is -0.174. The van der Waals surface area contributed by atoms with Gasteiger partial charge in [-0.15, -0.1) is 0 Å². The van der Waals surface area contributed by atoms with Gasteiger partial charge in [0.15, 0.2) is 5.65 Å². The number of aromatic nitrogens is 4. The predicted molar refractivity (Wildman–Crippen MR) is 119 cm³/mol. The third kappa shape index (κ3) is 3.93. The van der Waals surface area contributed by atoms with Crippen LogP contribution < -0.4 is 5.32 Å². The molecule has 0 aliphatic heterocycles. The summed E-state index contributed by atoms with van der Waals surface area (Å²) in [5, 5.41) is 9.07. The molecule has 0 radical (unpaired) electrons. The van der Waals surface area contributed by atoms with Gasteiger partial charge in [-0.2, -0.15) is 18.3 Å². The van der Waals surface area contributed by atoms with Crippen molar-refractivity contribution < 1.29 is 18.0 Å². The maximum atomic E-state index is 13.0. The SMILES string of the molecule is Cn1cc2c3cc(NC(=O)Cc4cccnc4)ccc3n(-c3ccc(C(F)(F)F)cc3)c2n1. The average molecular weight is 449 g/mol. The molecule has 5 aromatic rings. The van der Waals surface area contributed by atoms with Gasteiger partial charge in [-0.25, -0.2) is 0 Å². The van der Waals surface area contributed by atoms with Crippen molar-refractivity contribution in [3.63, 3.8) is 0 Å². The number of amides is 1. The lowest BCUT2D eigenvalue weighted by Crippen LogP contribution is -2.14. The van der Waals surface area contributed by atoms with Crippen molar-refractivity contribution in [2.24, 2.45) is 7.05 Å². The summed E-state index contributed by atoms with van der Waals surface area (Å²) in [6.45, 7) is 0. The number of hydrogen-bond acceptors (Lipinski definition) is 3. The molecule has 0 atom stereocenters. The molecule has 1 N–H and O–H groups in total. The van der Waals surface area contributed by atoms with Crippen molar-refractivity contribution in [2.45, 2.75) is 12.6 Å². The number of benzene rings is 2. The average Bonchev–Trinajstić information content (AvgIpc) is 3.28. The van der Waals surface area contributed by atoms with E-state index in [1.165, 1.54) is 12.1 Å². The van der Waals surface area contributed by atoms with Crippen LogP contribution in [0, 0.1) is 0 Å². The minimum absolute atomic E-state index is 0.174. The van der Waals surface area contributed by atoms with Gasteiger partial charge in [0.05, 0.1) is 17.5 Å². The van der Waals surface area contributed by atoms with Crippen LogP contribution in [0.15, 0.2) is 73.2 Å². The van der Waals surface area contributed by atoms with Gasteiger partial charge in [-0.3, -0.25) is 19.0 Å². The molecule has 0 aliphatic carbocycles. The molecule has 3 heterocycles. The molecule has 33 heavy (non-hydrogen) atoms. The third-order valence-corrected chi connectivity index (χ3v) is 5.37. The van der Waals surface area contributed by atoms with E-state index in [-0.39, 0.29) is 12.3 Å². The van der Waals surface area contributed by atoms with Gasteiger partial charge >= 0.3 is 6.18 Å². The van der Waals surface area contributed by atoms with Crippen LogP contribution in [-0.4, -0.2) is 25.2 Å². The van der Waals surface area contributed by atoms with Crippen LogP contribution in [0.25, 0.3) is 27.6 Å². The number of anilines is 1. The van der Waals surface area contributed by atoms with E-state index >= 15 is 0 Å². The Hall–Kier alpha value is -4.14. The Bertz CT molecular complexity index is 1470. The van der Waals surface area contributed by atoms with Crippen LogP contribution >= 0.6 is 0 Å². The second-order valence-corrected chi connectivity index (χ2v) is 7.74. The van der Waals surface area contributed by atoms with Gasteiger partial charge in [0.1, 0.15) is 0 Å². The summed E-state index contributed by atoms with van der Waals surface area (Å²) in [7, 11) is 1.78. The summed E-state index contributed by atoms with van der Waals surface area (Å²) in [4.78, 5) is 16.5. The van der Waals surface area contributed by atoms with E-state index in [0.29, 0.717) is 17.0 Å². The van der Waals surface area contributed by atoms with Gasteiger partial charge in [-0.05, 0) is 54.1 Å². The van der Waals surface area contributed by atoms with Crippen LogP contribution in [0.5, 0.6) is 0 Å². The first-order valence-corrected chi connectivity index (χ1v) is 10.1. The zero-order valence-corrected chi connectivity index (χ0v) is 17.5. The molecule has 0 saturated heterocycles. The Labute approximate surface area is 186 Å². The van der Waals surface area contributed by atoms with Crippen LogP contribution in [0.2, 0.25) is 0 Å². The van der Waals surface area contributed by atoms with Crippen molar-refractivity contribution >= 4 is 33.5 Å². The molecule has 1 amide bonds. The fourth-order valence-corrected chi connectivity index (χ4v) is 3.92. The number of nitrogens with one attached hydrogen (secondary N) is 1. The Morgan fingerprint density at radius 2 is 1.85 bits per heavy atom. The van der Waals surface area contributed by atoms with E-state index < -0.39 is 11.7 Å². The molecule has 0 bridgehead atoms. The Balaban J connectivity index is 1.53. The Morgan fingerprint density at radius 1 is 1.06 bits per heavy atom. The zero-order chi connectivity index (χ0) is 23.2. The number of fused-ring (bicyclic) bond motifs is 3. The third-order valence-electron chi connectivity index (χ3n) is 5.37. The van der Waals surface area contributed by atoms with E-state index in [4.69, 9.17) is 0 Å². The minimum Gasteiger partial charge on any atom is -0.326 e. The van der Waals surface area contributed by atoms with Crippen LogP contribution in [-0.2, 0) is 24.4 Å². The molecular weight excluding hydrogens is 431 g/mol. The highest BCUT2D eigenvalue weighted by molar-refractivity contribution is 6.09. The number of pyridine rings is 1. The summed E-state index contributed by atoms with van der Waals surface area (Å²) in [5.41, 5.74) is 2.67. The lowest BCUT2D eigenvalue weighted by molar-refractivity contribution is -0.137. The lowest BCUT2D eigenvalue weighted by Gasteiger charge is -2.10. The van der Waals surface area contributed by atoms with Gasteiger partial charge in [0.2, 0.25) is 5.91 Å². The number of hydrogen-bond donors (Lipinski definition) is 1. The first-order chi connectivity index (χ1) is 15.8. The maximum absolute atomic E-state index is 13.0. The highest BCUT2D eigenvalue weighted by Gasteiger charge is 2.30. The number of rotatable bonds is 4. The Kier molecular flexibility index (Phi) is 4.88. The molecule has 0 saturated carbocycles. The zero-order valence-electron chi connectivity index (χ0n) is 17.5. The highest BCUT2D eigenvalue weighted by atomic mass is 19.4. The smallest absolute Gasteiger partial charge is 0.326 e. The molecule has 166 valence electrons. The molecule has 9 heteroatoms. The van der Waals surface area contributed by atoms with Gasteiger partial charge in [-0.1, -0.05) is 6.07 Å². The first-order valence-electron chi connectivity index (χ1n) is 10.1. The number of halogens is 3. The summed E-state index contributed by atoms with van der Waals surface area (Å²) < 4.78 is 42.5. The van der Waals surface area contributed by atoms with Gasteiger partial charge < -0.3 is 5.32 Å². The van der Waals surface area contributed by atoms with Gasteiger partial charge in [0.25, 0.3) is 0 Å². The van der Waals surface area contributed by atoms with E-state index in [1.54, 1.807) is 36.3 Å². The van der Waals surface area contributed by atoms with E-state index in [2.05, 4.69) is 15.4 Å². The standard InChI is InChI=1S/C24H18F3N5O/c1-31-14-20-19-12-17(29-22(33)11-15-3-2-10-28-13-15)6-9-21(19)32(23(20)30-31)18-7-4-16(5-8-18)24(25,26)27/h2-10,12-14H,11H2,1H3,(H,29,33). The summed E-state index contributed by atoms with van der Waals surface area (Å²) in [6, 6.07) is 14.0. The van der Waals surface area contributed by atoms with Gasteiger partial charge in [0, 0.05) is 47.8 Å². The monoisotopic (exact) mass is 449 g/mol. The molecule has 2 aromatic carbocycles. The molecule has 3 aromatic heterocycles. The van der Waals surface area contributed by atoms with Crippen molar-refractivity contribution in [2.75, 3.05) is 5.32 Å². The summed E-state index contributed by atoms with van der Waals surface area (Å²) >= 11 is 0. The highest BCUT2D eigenvalue weighted by Crippen LogP contribution is 2.34. The number of aryl methyl sites for hydroxylation is 1. The van der Waals surface area contributed by atoms with E-state index in [1.807, 2.05) is 29.0 Å². The lowest BCUT2D eigenvalue weighted by atomic mass is 10.1. The molecule has 0 spiro atoms. The fraction of sp³-hybridized carbons (Fsp3) is 0.125. The van der Waals surface area contributed by atoms with Crippen molar-refractivity contribution in [3.05, 3.63) is 84.3 Å². The molecule has 6 nitrogen and oxygen atoms in total. The van der Waals surface area contributed by atoms with Crippen LogP contribution in [0.3, 0.4) is 0 Å². The number of carbonyl (C=O) groups excluding carboxylic acids is 1. The molecule has 0 fully saturated rings. The van der Waals surface area contributed by atoms with Crippen molar-refractivity contribution in [1.82, 2.24) is 19.3 Å². The summed E-state index contributed by atoms with van der Waals surface area (Å²) in [6.07, 6.45) is 0.933. The second-order valence-electron chi connectivity index (χ2n) is 7.74. The van der Waals surface area contributed by atoms with E-state index in [9.17, 15) is 18.0 Å². The quantitative estimate of drug-likeness (QED) is 0.415. The van der Waals surface area contributed by atoms with Crippen LogP contribution in [0.1, 0.15) is 11.1 Å². The predicted octanol–water partition coefficient (Wildman–Crippen LogP) is 5.11. The fourth-order valence-electron chi connectivity index (χ4n) is 3.92. The topological polar surface area (TPSA) is 64.7 Å². The van der Waals surface area contributed by atoms with Crippen molar-refractivity contribution in [1.29, 1.82) is 0 Å². The molecule has 5 rings (SSSR count). The number of nitrogens with zero attached hydrogens (tertiary/aromatic N) is 4. The number of alkyl halides is 3. The van der Waals surface area contributed by atoms with E-state index in [0.717, 1.165) is 34.0 Å². The normalized spacial score (nSPS) is 11.9.